The highest BCUT2D eigenvalue weighted by Gasteiger charge is 2.30. The van der Waals surface area contributed by atoms with Crippen LogP contribution in [0.1, 0.15) is 16.8 Å². The van der Waals surface area contributed by atoms with Crippen LogP contribution in [-0.4, -0.2) is 10.2 Å². The molecule has 18 heavy (non-hydrogen) atoms. The Kier molecular flexibility index (Phi) is 3.43. The van der Waals surface area contributed by atoms with Gasteiger partial charge in [-0.2, -0.15) is 18.3 Å². The molecule has 0 unspecified atom stereocenters. The second-order valence-corrected chi connectivity index (χ2v) is 3.99. The van der Waals surface area contributed by atoms with Gasteiger partial charge in [0.15, 0.2) is 0 Å². The van der Waals surface area contributed by atoms with Crippen molar-refractivity contribution in [2.24, 2.45) is 0 Å². The van der Waals surface area contributed by atoms with Crippen LogP contribution < -0.4 is 0 Å². The van der Waals surface area contributed by atoms with Crippen molar-refractivity contribution in [1.82, 2.24) is 10.2 Å². The van der Waals surface area contributed by atoms with Gasteiger partial charge in [0.05, 0.1) is 11.3 Å². The highest BCUT2D eigenvalue weighted by atomic mass is 35.5. The van der Waals surface area contributed by atoms with Crippen LogP contribution in [-0.2, 0) is 6.18 Å². The van der Waals surface area contributed by atoms with Crippen LogP contribution in [0.2, 0.25) is 5.02 Å². The van der Waals surface area contributed by atoms with Gasteiger partial charge in [0, 0.05) is 11.2 Å². The summed E-state index contributed by atoms with van der Waals surface area (Å²) in [6, 6.07) is 4.89. The molecule has 0 bridgehead atoms. The number of hydrogen-bond donors (Lipinski definition) is 1. The van der Waals surface area contributed by atoms with Gasteiger partial charge in [0.25, 0.3) is 0 Å². The monoisotopic (exact) mass is 272 g/mol. The smallest absolute Gasteiger partial charge is 0.278 e. The summed E-state index contributed by atoms with van der Waals surface area (Å²) in [4.78, 5) is 0. The summed E-state index contributed by atoms with van der Waals surface area (Å²) >= 11 is 5.84. The van der Waals surface area contributed by atoms with E-state index in [-0.39, 0.29) is 5.02 Å². The molecule has 0 aliphatic rings. The molecule has 2 rings (SSSR count). The third-order valence-corrected chi connectivity index (χ3v) is 2.63. The van der Waals surface area contributed by atoms with E-state index >= 15 is 0 Å². The van der Waals surface area contributed by atoms with Crippen molar-refractivity contribution in [3.63, 3.8) is 0 Å². The minimum absolute atomic E-state index is 0.263. The van der Waals surface area contributed by atoms with Crippen molar-refractivity contribution in [1.29, 1.82) is 0 Å². The van der Waals surface area contributed by atoms with Gasteiger partial charge in [0.2, 0.25) is 0 Å². The fraction of sp³-hybridized carbons (Fsp3) is 0.0833. The number of hydrogen-bond acceptors (Lipinski definition) is 1. The Balaban J connectivity index is 2.33. The van der Waals surface area contributed by atoms with Crippen LogP contribution in [0.5, 0.6) is 0 Å². The van der Waals surface area contributed by atoms with Crippen molar-refractivity contribution in [3.05, 3.63) is 52.3 Å². The van der Waals surface area contributed by atoms with Crippen LogP contribution in [0, 0.1) is 0 Å². The molecule has 2 nitrogen and oxygen atoms in total. The topological polar surface area (TPSA) is 28.7 Å². The lowest BCUT2D eigenvalue weighted by Crippen LogP contribution is -2.04. The minimum Gasteiger partial charge on any atom is -0.278 e. The van der Waals surface area contributed by atoms with Gasteiger partial charge in [-0.25, -0.2) is 0 Å². The van der Waals surface area contributed by atoms with Gasteiger partial charge < -0.3 is 0 Å². The highest BCUT2D eigenvalue weighted by molar-refractivity contribution is 6.32. The number of alkyl halides is 3. The van der Waals surface area contributed by atoms with Crippen molar-refractivity contribution < 1.29 is 13.2 Å². The van der Waals surface area contributed by atoms with E-state index in [1.165, 1.54) is 12.1 Å². The second kappa shape index (κ2) is 4.86. The molecular weight excluding hydrogens is 265 g/mol. The maximum absolute atomic E-state index is 12.5. The summed E-state index contributed by atoms with van der Waals surface area (Å²) in [5, 5.41) is 6.66. The third-order valence-electron chi connectivity index (χ3n) is 2.29. The highest BCUT2D eigenvalue weighted by Crippen LogP contribution is 2.32. The van der Waals surface area contributed by atoms with Gasteiger partial charge in [0.1, 0.15) is 0 Å². The summed E-state index contributed by atoms with van der Waals surface area (Å²) in [6.45, 7) is 0. The molecule has 0 aliphatic heterocycles. The Morgan fingerprint density at radius 1 is 1.17 bits per heavy atom. The largest absolute Gasteiger partial charge is 0.416 e. The van der Waals surface area contributed by atoms with Crippen LogP contribution >= 0.6 is 11.6 Å². The van der Waals surface area contributed by atoms with Crippen LogP contribution in [0.15, 0.2) is 30.5 Å². The molecule has 1 aromatic carbocycles. The van der Waals surface area contributed by atoms with E-state index in [9.17, 15) is 13.2 Å². The summed E-state index contributed by atoms with van der Waals surface area (Å²) in [5.74, 6) is 0. The van der Waals surface area contributed by atoms with Crippen LogP contribution in [0.4, 0.5) is 13.2 Å². The molecule has 0 saturated heterocycles. The Bertz CT molecular complexity index is 559. The first kappa shape index (κ1) is 12.7. The molecule has 0 amide bonds. The quantitative estimate of drug-likeness (QED) is 0.870. The molecule has 1 heterocycles. The lowest BCUT2D eigenvalue weighted by molar-refractivity contribution is -0.137. The van der Waals surface area contributed by atoms with E-state index in [1.807, 2.05) is 0 Å². The molecule has 94 valence electrons. The van der Waals surface area contributed by atoms with E-state index in [1.54, 1.807) is 18.3 Å². The van der Waals surface area contributed by atoms with E-state index in [0.717, 1.165) is 12.1 Å². The van der Waals surface area contributed by atoms with Crippen LogP contribution in [0.25, 0.3) is 12.2 Å². The van der Waals surface area contributed by atoms with Crippen molar-refractivity contribution in [3.8, 4) is 0 Å². The number of aromatic amines is 1. The van der Waals surface area contributed by atoms with E-state index in [0.29, 0.717) is 11.3 Å². The summed E-state index contributed by atoms with van der Waals surface area (Å²) in [7, 11) is 0. The van der Waals surface area contributed by atoms with Gasteiger partial charge in [-0.1, -0.05) is 17.7 Å². The molecule has 1 N–H and O–H groups in total. The standard InChI is InChI=1S/C12H8ClF3N2/c13-11-4-2-9(12(14,15)16)7-8(11)1-3-10-5-6-17-18-10/h1-7H,(H,17,18)/b3-1-. The maximum Gasteiger partial charge on any atom is 0.416 e. The minimum atomic E-state index is -4.37. The normalized spacial score (nSPS) is 12.2. The van der Waals surface area contributed by atoms with Crippen molar-refractivity contribution in [2.45, 2.75) is 6.18 Å². The van der Waals surface area contributed by atoms with E-state index < -0.39 is 11.7 Å². The molecule has 2 aromatic rings. The number of nitrogens with one attached hydrogen (secondary N) is 1. The Morgan fingerprint density at radius 2 is 1.94 bits per heavy atom. The average molecular weight is 273 g/mol. The van der Waals surface area contributed by atoms with Gasteiger partial charge >= 0.3 is 6.18 Å². The number of nitrogens with zero attached hydrogens (tertiary/aromatic N) is 1. The molecule has 0 saturated carbocycles. The first-order valence-electron chi connectivity index (χ1n) is 5.01. The number of aromatic nitrogens is 2. The zero-order valence-electron chi connectivity index (χ0n) is 9.00. The van der Waals surface area contributed by atoms with Gasteiger partial charge in [-0.05, 0) is 35.9 Å². The lowest BCUT2D eigenvalue weighted by atomic mass is 10.1. The number of benzene rings is 1. The molecule has 6 heteroatoms. The summed E-state index contributed by atoms with van der Waals surface area (Å²) in [5.41, 5.74) is 0.265. The van der Waals surface area contributed by atoms with E-state index in [4.69, 9.17) is 11.6 Å². The number of rotatable bonds is 2. The third kappa shape index (κ3) is 2.92. The number of halogens is 4. The fourth-order valence-electron chi connectivity index (χ4n) is 1.39. The zero-order chi connectivity index (χ0) is 13.2. The number of H-pyrrole nitrogens is 1. The molecule has 0 atom stereocenters. The van der Waals surface area contributed by atoms with Gasteiger partial charge in [-0.3, -0.25) is 5.10 Å². The molecular formula is C12H8ClF3N2. The van der Waals surface area contributed by atoms with E-state index in [2.05, 4.69) is 10.2 Å². The SMILES string of the molecule is FC(F)(F)c1ccc(Cl)c(/C=C\c2ccn[nH]2)c1. The Labute approximate surface area is 106 Å². The predicted octanol–water partition coefficient (Wildman–Crippen LogP) is 4.25. The maximum atomic E-state index is 12.5. The van der Waals surface area contributed by atoms with Crippen LogP contribution in [0.3, 0.4) is 0 Å². The van der Waals surface area contributed by atoms with Gasteiger partial charge in [-0.15, -0.1) is 0 Å². The molecule has 0 radical (unpaired) electrons. The average Bonchev–Trinajstić information content (AvgIpc) is 2.79. The fourth-order valence-corrected chi connectivity index (χ4v) is 1.57. The summed E-state index contributed by atoms with van der Waals surface area (Å²) in [6.07, 6.45) is 0.286. The van der Waals surface area contributed by atoms with Crippen molar-refractivity contribution >= 4 is 23.8 Å². The Hall–Kier alpha value is -1.75. The second-order valence-electron chi connectivity index (χ2n) is 3.58. The first-order valence-corrected chi connectivity index (χ1v) is 5.39. The summed E-state index contributed by atoms with van der Waals surface area (Å²) < 4.78 is 37.6. The zero-order valence-corrected chi connectivity index (χ0v) is 9.76. The molecule has 1 aromatic heterocycles. The lowest BCUT2D eigenvalue weighted by Gasteiger charge is -2.08. The van der Waals surface area contributed by atoms with Crippen molar-refractivity contribution in [2.75, 3.05) is 0 Å². The first-order chi connectivity index (χ1) is 8.47. The predicted molar refractivity (Wildman–Crippen MR) is 64.0 cm³/mol. The Morgan fingerprint density at radius 3 is 2.56 bits per heavy atom. The molecule has 0 aliphatic carbocycles. The molecule has 0 fully saturated rings. The molecule has 0 spiro atoms.